The van der Waals surface area contributed by atoms with E-state index in [0.29, 0.717) is 11.4 Å². The number of piperidine rings is 1. The number of hydrogen-bond donors (Lipinski definition) is 1. The molecule has 1 amide bonds. The molecule has 4 rings (SSSR count). The molecule has 0 spiro atoms. The molecular weight excluding hydrogens is 352 g/mol. The summed E-state index contributed by atoms with van der Waals surface area (Å²) < 4.78 is 1.93. The fourth-order valence-electron chi connectivity index (χ4n) is 3.76. The maximum atomic E-state index is 13.1. The van der Waals surface area contributed by atoms with Gasteiger partial charge in [0, 0.05) is 48.7 Å². The van der Waals surface area contributed by atoms with E-state index in [1.54, 1.807) is 12.3 Å². The van der Waals surface area contributed by atoms with Crippen molar-refractivity contribution in [3.05, 3.63) is 60.7 Å². The van der Waals surface area contributed by atoms with Gasteiger partial charge < -0.3 is 10.6 Å². The summed E-state index contributed by atoms with van der Waals surface area (Å²) in [6.07, 6.45) is 9.40. The highest BCUT2D eigenvalue weighted by Gasteiger charge is 2.27. The van der Waals surface area contributed by atoms with Crippen LogP contribution in [-0.2, 0) is 6.54 Å². The van der Waals surface area contributed by atoms with Crippen molar-refractivity contribution in [1.29, 1.82) is 0 Å². The summed E-state index contributed by atoms with van der Waals surface area (Å²) in [7, 11) is 0. The predicted octanol–water partition coefficient (Wildman–Crippen LogP) is 3.01. The number of rotatable bonds is 5. The Hall–Kier alpha value is -3.22. The number of aryl methyl sites for hydroxylation is 1. The highest BCUT2D eigenvalue weighted by atomic mass is 16.2. The number of anilines is 1. The molecule has 1 aliphatic heterocycles. The molecule has 0 aliphatic carbocycles. The lowest BCUT2D eigenvalue weighted by Gasteiger charge is -2.36. The Morgan fingerprint density at radius 3 is 2.79 bits per heavy atom. The molecule has 3 heterocycles. The molecule has 0 saturated carbocycles. The van der Waals surface area contributed by atoms with E-state index < -0.39 is 0 Å². The van der Waals surface area contributed by atoms with Crippen molar-refractivity contribution in [2.75, 3.05) is 12.3 Å². The second-order valence-electron chi connectivity index (χ2n) is 7.11. The number of carbonyl (C=O) groups excluding carboxylic acids is 1. The van der Waals surface area contributed by atoms with E-state index in [4.69, 9.17) is 5.73 Å². The lowest BCUT2D eigenvalue weighted by molar-refractivity contribution is 0.0594. The van der Waals surface area contributed by atoms with Gasteiger partial charge in [0.1, 0.15) is 12.1 Å². The first-order valence-corrected chi connectivity index (χ1v) is 9.67. The Kier molecular flexibility index (Phi) is 5.32. The van der Waals surface area contributed by atoms with Crippen LogP contribution >= 0.6 is 0 Å². The van der Waals surface area contributed by atoms with Crippen molar-refractivity contribution >= 4 is 11.7 Å². The van der Waals surface area contributed by atoms with Crippen LogP contribution in [0.5, 0.6) is 0 Å². The normalized spacial score (nSPS) is 16.9. The highest BCUT2D eigenvalue weighted by molar-refractivity contribution is 5.95. The molecular formula is C21H24N6O. The Morgan fingerprint density at radius 2 is 2.04 bits per heavy atom. The molecule has 1 saturated heterocycles. The maximum absolute atomic E-state index is 13.1. The minimum Gasteiger partial charge on any atom is -0.384 e. The molecule has 3 aromatic rings. The molecule has 28 heavy (non-hydrogen) atoms. The average Bonchev–Trinajstić information content (AvgIpc) is 3.26. The van der Waals surface area contributed by atoms with Gasteiger partial charge in [-0.1, -0.05) is 12.1 Å². The third-order valence-corrected chi connectivity index (χ3v) is 5.25. The summed E-state index contributed by atoms with van der Waals surface area (Å²) in [6.45, 7) is 1.64. The summed E-state index contributed by atoms with van der Waals surface area (Å²) in [4.78, 5) is 23.3. The molecule has 1 atom stereocenters. The van der Waals surface area contributed by atoms with Gasteiger partial charge in [-0.25, -0.2) is 9.97 Å². The van der Waals surface area contributed by atoms with Gasteiger partial charge >= 0.3 is 0 Å². The Morgan fingerprint density at radius 1 is 1.18 bits per heavy atom. The zero-order chi connectivity index (χ0) is 19.3. The van der Waals surface area contributed by atoms with Crippen LogP contribution in [0.2, 0.25) is 0 Å². The third-order valence-electron chi connectivity index (χ3n) is 5.25. The molecule has 1 aromatic carbocycles. The van der Waals surface area contributed by atoms with Crippen molar-refractivity contribution in [3.8, 4) is 11.3 Å². The minimum atomic E-state index is 0.0962. The highest BCUT2D eigenvalue weighted by Crippen LogP contribution is 2.24. The quantitative estimate of drug-likeness (QED) is 0.739. The molecule has 0 radical (unpaired) electrons. The molecule has 7 heteroatoms. The van der Waals surface area contributed by atoms with E-state index >= 15 is 0 Å². The zero-order valence-electron chi connectivity index (χ0n) is 15.7. The lowest BCUT2D eigenvalue weighted by atomic mass is 9.97. The number of nitrogens with zero attached hydrogens (tertiary/aromatic N) is 5. The number of amides is 1. The largest absolute Gasteiger partial charge is 0.384 e. The lowest BCUT2D eigenvalue weighted by Crippen LogP contribution is -2.44. The number of benzene rings is 1. The number of aromatic nitrogens is 4. The molecule has 1 aliphatic rings. The van der Waals surface area contributed by atoms with Crippen LogP contribution in [0.15, 0.2) is 55.1 Å². The number of carbonyl (C=O) groups is 1. The molecule has 2 aromatic heterocycles. The molecule has 7 nitrogen and oxygen atoms in total. The molecule has 144 valence electrons. The first-order chi connectivity index (χ1) is 13.7. The first-order valence-electron chi connectivity index (χ1n) is 9.67. The number of likely N-dealkylation sites (tertiary alicyclic amines) is 1. The van der Waals surface area contributed by atoms with Crippen LogP contribution in [0.1, 0.15) is 36.0 Å². The van der Waals surface area contributed by atoms with Crippen LogP contribution in [0.25, 0.3) is 11.3 Å². The summed E-state index contributed by atoms with van der Waals surface area (Å²) in [5.74, 6) is 0.525. The van der Waals surface area contributed by atoms with Crippen LogP contribution in [-0.4, -0.2) is 43.1 Å². The fraction of sp³-hybridized carbons (Fsp3) is 0.333. The number of nitrogen functional groups attached to an aromatic ring is 1. The van der Waals surface area contributed by atoms with Gasteiger partial charge in [-0.2, -0.15) is 5.10 Å². The Balaban J connectivity index is 1.47. The van der Waals surface area contributed by atoms with Crippen molar-refractivity contribution in [1.82, 2.24) is 24.6 Å². The Bertz CT molecular complexity index is 922. The van der Waals surface area contributed by atoms with Crippen LogP contribution in [0, 0.1) is 0 Å². The molecule has 0 bridgehead atoms. The van der Waals surface area contributed by atoms with Gasteiger partial charge in [0.15, 0.2) is 0 Å². The van der Waals surface area contributed by atoms with Crippen LogP contribution < -0.4 is 5.73 Å². The molecule has 2 N–H and O–H groups in total. The topological polar surface area (TPSA) is 89.9 Å². The van der Waals surface area contributed by atoms with Crippen LogP contribution in [0.3, 0.4) is 0 Å². The molecule has 1 fully saturated rings. The maximum Gasteiger partial charge on any atom is 0.254 e. The SMILES string of the molecule is Nc1cc(-c2ccc(C(=O)N3CCCC[C@H]3CCn3cccn3)cc2)ncn1. The van der Waals surface area contributed by atoms with Crippen molar-refractivity contribution < 1.29 is 4.79 Å². The van der Waals surface area contributed by atoms with E-state index in [0.717, 1.165) is 43.6 Å². The Labute approximate surface area is 164 Å². The summed E-state index contributed by atoms with van der Waals surface area (Å²) in [5.41, 5.74) is 8.11. The van der Waals surface area contributed by atoms with E-state index in [1.807, 2.05) is 46.1 Å². The van der Waals surface area contributed by atoms with E-state index in [1.165, 1.54) is 12.7 Å². The second kappa shape index (κ2) is 8.21. The number of hydrogen-bond acceptors (Lipinski definition) is 5. The van der Waals surface area contributed by atoms with Gasteiger partial charge in [0.05, 0.1) is 5.69 Å². The second-order valence-corrected chi connectivity index (χ2v) is 7.11. The smallest absolute Gasteiger partial charge is 0.254 e. The van der Waals surface area contributed by atoms with E-state index in [-0.39, 0.29) is 11.9 Å². The van der Waals surface area contributed by atoms with E-state index in [9.17, 15) is 4.79 Å². The predicted molar refractivity (Wildman–Crippen MR) is 107 cm³/mol. The summed E-state index contributed by atoms with van der Waals surface area (Å²) in [6, 6.07) is 11.5. The van der Waals surface area contributed by atoms with Gasteiger partial charge in [-0.15, -0.1) is 0 Å². The molecule has 0 unspecified atom stereocenters. The van der Waals surface area contributed by atoms with Crippen LogP contribution in [0.4, 0.5) is 5.82 Å². The zero-order valence-corrected chi connectivity index (χ0v) is 15.7. The standard InChI is InChI=1S/C21H24N6O/c22-20-14-19(23-15-24-20)16-5-7-17(8-6-16)21(28)27-12-2-1-4-18(27)9-13-26-11-3-10-25-26/h3,5-8,10-11,14-15,18H,1-2,4,9,12-13H2,(H2,22,23,24)/t18-/m0/s1. The van der Waals surface area contributed by atoms with Gasteiger partial charge in [-0.3, -0.25) is 9.48 Å². The fourth-order valence-corrected chi connectivity index (χ4v) is 3.76. The summed E-state index contributed by atoms with van der Waals surface area (Å²) >= 11 is 0. The van der Waals surface area contributed by atoms with Gasteiger partial charge in [0.2, 0.25) is 0 Å². The number of nitrogens with two attached hydrogens (primary N) is 1. The van der Waals surface area contributed by atoms with Gasteiger partial charge in [0.25, 0.3) is 5.91 Å². The van der Waals surface area contributed by atoms with E-state index in [2.05, 4.69) is 15.1 Å². The minimum absolute atomic E-state index is 0.0962. The van der Waals surface area contributed by atoms with Gasteiger partial charge in [-0.05, 0) is 43.9 Å². The monoisotopic (exact) mass is 376 g/mol. The van der Waals surface area contributed by atoms with Crippen molar-refractivity contribution in [2.24, 2.45) is 0 Å². The third kappa shape index (κ3) is 4.03. The first kappa shape index (κ1) is 18.2. The average molecular weight is 376 g/mol. The van der Waals surface area contributed by atoms with Crippen molar-refractivity contribution in [3.63, 3.8) is 0 Å². The summed E-state index contributed by atoms with van der Waals surface area (Å²) in [5, 5.41) is 4.27. The van der Waals surface area contributed by atoms with Crippen molar-refractivity contribution in [2.45, 2.75) is 38.3 Å².